The molecule has 0 aliphatic heterocycles. The van der Waals surface area contributed by atoms with Crippen molar-refractivity contribution >= 4 is 46.0 Å². The Morgan fingerprint density at radius 1 is 1.36 bits per heavy atom. The zero-order chi connectivity index (χ0) is 18.0. The highest BCUT2D eigenvalue weighted by molar-refractivity contribution is 7.99. The van der Waals surface area contributed by atoms with Crippen LogP contribution in [0.3, 0.4) is 0 Å². The summed E-state index contributed by atoms with van der Waals surface area (Å²) in [5.74, 6) is 0.408. The van der Waals surface area contributed by atoms with Crippen molar-refractivity contribution in [2.24, 2.45) is 7.05 Å². The molecule has 1 aromatic carbocycles. The Morgan fingerprint density at radius 3 is 2.92 bits per heavy atom. The Morgan fingerprint density at radius 2 is 2.16 bits per heavy atom. The van der Waals surface area contributed by atoms with Gasteiger partial charge in [-0.15, -0.1) is 0 Å². The van der Waals surface area contributed by atoms with Gasteiger partial charge in [0.05, 0.1) is 5.75 Å². The topological polar surface area (TPSA) is 89.8 Å². The summed E-state index contributed by atoms with van der Waals surface area (Å²) in [5.41, 5.74) is 0.693. The lowest BCUT2D eigenvalue weighted by molar-refractivity contribution is -0.113. The minimum absolute atomic E-state index is 0.0996. The fourth-order valence-corrected chi connectivity index (χ4v) is 3.10. The van der Waals surface area contributed by atoms with Gasteiger partial charge in [0, 0.05) is 24.0 Å². The average molecular weight is 376 g/mol. The number of aryl methyl sites for hydroxylation is 1. The van der Waals surface area contributed by atoms with Gasteiger partial charge in [-0.2, -0.15) is 0 Å². The molecule has 0 aliphatic rings. The number of thioether (sulfide) groups is 1. The first kappa shape index (κ1) is 17.4. The minimum atomic E-state index is -0.247. The quantitative estimate of drug-likeness (QED) is 0.556. The molecule has 1 N–H and O–H groups in total. The molecule has 0 unspecified atom stereocenters. The van der Waals surface area contributed by atoms with Crippen LogP contribution in [0, 0.1) is 6.92 Å². The molecule has 128 valence electrons. The summed E-state index contributed by atoms with van der Waals surface area (Å²) in [6.45, 7) is 1.73. The summed E-state index contributed by atoms with van der Waals surface area (Å²) >= 11 is 7.05. The summed E-state index contributed by atoms with van der Waals surface area (Å²) in [4.78, 5) is 37.0. The molecule has 0 saturated heterocycles. The molecule has 7 nitrogen and oxygen atoms in total. The van der Waals surface area contributed by atoms with Crippen LogP contribution >= 0.6 is 23.4 Å². The van der Waals surface area contributed by atoms with Gasteiger partial charge >= 0.3 is 0 Å². The average Bonchev–Trinajstić information content (AvgIpc) is 2.56. The first-order chi connectivity index (χ1) is 11.9. The van der Waals surface area contributed by atoms with Gasteiger partial charge in [0.25, 0.3) is 5.56 Å². The van der Waals surface area contributed by atoms with Crippen molar-refractivity contribution in [1.82, 2.24) is 19.5 Å². The van der Waals surface area contributed by atoms with Gasteiger partial charge in [0.15, 0.2) is 10.8 Å². The number of nitrogens with one attached hydrogen (secondary N) is 1. The van der Waals surface area contributed by atoms with E-state index in [1.54, 1.807) is 38.2 Å². The Balaban J connectivity index is 1.77. The molecule has 3 aromatic rings. The van der Waals surface area contributed by atoms with E-state index in [1.165, 1.54) is 10.8 Å². The van der Waals surface area contributed by atoms with E-state index in [-0.39, 0.29) is 17.2 Å². The number of nitrogens with zero attached hydrogens (tertiary/aromatic N) is 4. The number of benzene rings is 1. The van der Waals surface area contributed by atoms with Gasteiger partial charge in [-0.05, 0) is 25.1 Å². The number of aromatic nitrogens is 4. The monoisotopic (exact) mass is 375 g/mol. The molecule has 0 aliphatic carbocycles. The number of halogens is 1. The Bertz CT molecular complexity index is 1020. The van der Waals surface area contributed by atoms with Crippen LogP contribution in [-0.2, 0) is 11.8 Å². The van der Waals surface area contributed by atoms with Gasteiger partial charge in [-0.1, -0.05) is 29.4 Å². The molecule has 0 spiro atoms. The van der Waals surface area contributed by atoms with Gasteiger partial charge in [0.2, 0.25) is 5.91 Å². The van der Waals surface area contributed by atoms with Crippen LogP contribution in [0.25, 0.3) is 11.0 Å². The van der Waals surface area contributed by atoms with Crippen molar-refractivity contribution in [3.63, 3.8) is 0 Å². The fraction of sp³-hybridized carbons (Fsp3) is 0.188. The summed E-state index contributed by atoms with van der Waals surface area (Å²) in [6, 6.07) is 6.89. The molecule has 9 heteroatoms. The van der Waals surface area contributed by atoms with Crippen molar-refractivity contribution in [1.29, 1.82) is 0 Å². The lowest BCUT2D eigenvalue weighted by Crippen LogP contribution is -2.22. The number of fused-ring (bicyclic) bond motifs is 1. The lowest BCUT2D eigenvalue weighted by atomic mass is 10.3. The predicted octanol–water partition coefficient (Wildman–Crippen LogP) is 2.42. The Labute approximate surface area is 152 Å². The van der Waals surface area contributed by atoms with Crippen LogP contribution in [0.5, 0.6) is 0 Å². The smallest absolute Gasteiger partial charge is 0.264 e. The van der Waals surface area contributed by atoms with Crippen molar-refractivity contribution in [2.75, 3.05) is 11.1 Å². The number of carbonyl (C=O) groups excluding carboxylic acids is 1. The summed E-state index contributed by atoms with van der Waals surface area (Å²) in [6.07, 6.45) is 1.47. The SMILES string of the molecule is Cc1ncc2c(=O)n(C)c(SCC(=O)Nc3cccc(Cl)c3)nc2n1. The van der Waals surface area contributed by atoms with Crippen molar-refractivity contribution < 1.29 is 4.79 Å². The number of hydrogen-bond donors (Lipinski definition) is 1. The van der Waals surface area contributed by atoms with Gasteiger partial charge in [-0.25, -0.2) is 15.0 Å². The molecule has 25 heavy (non-hydrogen) atoms. The van der Waals surface area contributed by atoms with Crippen LogP contribution in [-0.4, -0.2) is 31.2 Å². The highest BCUT2D eigenvalue weighted by atomic mass is 35.5. The van der Waals surface area contributed by atoms with E-state index in [0.29, 0.717) is 32.7 Å². The minimum Gasteiger partial charge on any atom is -0.325 e. The standard InChI is InChI=1S/C16H14ClN5O2S/c1-9-18-7-12-14(19-9)21-16(22(2)15(12)24)25-8-13(23)20-11-5-3-4-10(17)6-11/h3-7H,8H2,1-2H3,(H,20,23). The van der Waals surface area contributed by atoms with E-state index in [1.807, 2.05) is 0 Å². The van der Waals surface area contributed by atoms with Crippen LogP contribution in [0.15, 0.2) is 40.4 Å². The van der Waals surface area contributed by atoms with Crippen molar-refractivity contribution in [2.45, 2.75) is 12.1 Å². The van der Waals surface area contributed by atoms with E-state index in [4.69, 9.17) is 11.6 Å². The third kappa shape index (κ3) is 3.97. The van der Waals surface area contributed by atoms with Gasteiger partial charge < -0.3 is 5.32 Å². The zero-order valence-electron chi connectivity index (χ0n) is 13.5. The maximum atomic E-state index is 12.3. The first-order valence-corrected chi connectivity index (χ1v) is 8.69. The number of hydrogen-bond acceptors (Lipinski definition) is 6. The van der Waals surface area contributed by atoms with E-state index >= 15 is 0 Å². The number of anilines is 1. The largest absolute Gasteiger partial charge is 0.325 e. The molecule has 0 fully saturated rings. The Hall–Kier alpha value is -2.45. The molecular formula is C16H14ClN5O2S. The predicted molar refractivity (Wildman–Crippen MR) is 98.1 cm³/mol. The second kappa shape index (κ2) is 7.20. The second-order valence-electron chi connectivity index (χ2n) is 5.26. The molecule has 0 atom stereocenters. The third-order valence-corrected chi connectivity index (χ3v) is 4.62. The molecule has 0 radical (unpaired) electrons. The summed E-state index contributed by atoms with van der Waals surface area (Å²) in [7, 11) is 1.60. The molecule has 2 heterocycles. The van der Waals surface area contributed by atoms with E-state index < -0.39 is 0 Å². The van der Waals surface area contributed by atoms with Crippen molar-refractivity contribution in [3.8, 4) is 0 Å². The lowest BCUT2D eigenvalue weighted by Gasteiger charge is -2.09. The van der Waals surface area contributed by atoms with Crippen LogP contribution in [0.2, 0.25) is 5.02 Å². The number of carbonyl (C=O) groups is 1. The molecule has 0 bridgehead atoms. The van der Waals surface area contributed by atoms with Crippen LogP contribution in [0.4, 0.5) is 5.69 Å². The normalized spacial score (nSPS) is 10.8. The van der Waals surface area contributed by atoms with Crippen LogP contribution < -0.4 is 10.9 Å². The highest BCUT2D eigenvalue weighted by Crippen LogP contribution is 2.18. The molecular weight excluding hydrogens is 362 g/mol. The molecule has 2 aromatic heterocycles. The second-order valence-corrected chi connectivity index (χ2v) is 6.64. The van der Waals surface area contributed by atoms with Crippen molar-refractivity contribution in [3.05, 3.63) is 51.7 Å². The first-order valence-electron chi connectivity index (χ1n) is 7.32. The Kier molecular flexibility index (Phi) is 5.00. The maximum Gasteiger partial charge on any atom is 0.264 e. The summed E-state index contributed by atoms with van der Waals surface area (Å²) < 4.78 is 1.39. The summed E-state index contributed by atoms with van der Waals surface area (Å²) in [5, 5.41) is 4.05. The number of rotatable bonds is 4. The molecule has 1 amide bonds. The van der Waals surface area contributed by atoms with Gasteiger partial charge in [-0.3, -0.25) is 14.2 Å². The molecule has 3 rings (SSSR count). The van der Waals surface area contributed by atoms with E-state index in [2.05, 4.69) is 20.3 Å². The van der Waals surface area contributed by atoms with Gasteiger partial charge in [0.1, 0.15) is 11.2 Å². The molecule has 0 saturated carbocycles. The number of amides is 1. The zero-order valence-corrected chi connectivity index (χ0v) is 15.1. The maximum absolute atomic E-state index is 12.3. The fourth-order valence-electron chi connectivity index (χ4n) is 2.15. The van der Waals surface area contributed by atoms with E-state index in [9.17, 15) is 9.59 Å². The highest BCUT2D eigenvalue weighted by Gasteiger charge is 2.12. The van der Waals surface area contributed by atoms with Crippen LogP contribution in [0.1, 0.15) is 5.82 Å². The van der Waals surface area contributed by atoms with E-state index in [0.717, 1.165) is 11.8 Å². The third-order valence-electron chi connectivity index (χ3n) is 3.35.